The van der Waals surface area contributed by atoms with Gasteiger partial charge in [-0.3, -0.25) is 10.1 Å². The first kappa shape index (κ1) is 13.8. The van der Waals surface area contributed by atoms with Crippen LogP contribution < -0.4 is 10.6 Å². The predicted octanol–water partition coefficient (Wildman–Crippen LogP) is 1.44. The van der Waals surface area contributed by atoms with Crippen molar-refractivity contribution in [2.24, 2.45) is 5.92 Å². The van der Waals surface area contributed by atoms with Crippen molar-refractivity contribution in [2.45, 2.75) is 19.8 Å². The van der Waals surface area contributed by atoms with Gasteiger partial charge in [-0.15, -0.1) is 11.3 Å². The fraction of sp³-hybridized carbons (Fsp3) is 0.583. The number of nitrogens with zero attached hydrogens (tertiary/aromatic N) is 2. The Bertz CT molecular complexity index is 466. The lowest BCUT2D eigenvalue weighted by molar-refractivity contribution is -0.125. The fourth-order valence-electron chi connectivity index (χ4n) is 2.13. The van der Waals surface area contributed by atoms with Crippen LogP contribution in [0.1, 0.15) is 18.5 Å². The Morgan fingerprint density at radius 3 is 2.63 bits per heavy atom. The van der Waals surface area contributed by atoms with E-state index in [2.05, 4.69) is 15.6 Å². The third-order valence-corrected chi connectivity index (χ3v) is 4.11. The van der Waals surface area contributed by atoms with Gasteiger partial charge in [-0.2, -0.15) is 0 Å². The molecule has 2 rings (SSSR count). The van der Waals surface area contributed by atoms with Crippen LogP contribution >= 0.6 is 11.3 Å². The van der Waals surface area contributed by atoms with Gasteiger partial charge in [0, 0.05) is 31.4 Å². The zero-order chi connectivity index (χ0) is 13.8. The van der Waals surface area contributed by atoms with E-state index < -0.39 is 0 Å². The molecular weight excluding hydrogens is 264 g/mol. The summed E-state index contributed by atoms with van der Waals surface area (Å²) in [5.41, 5.74) is 0.902. The number of urea groups is 1. The Hall–Kier alpha value is -1.63. The minimum atomic E-state index is -0.135. The molecule has 6 nitrogen and oxygen atoms in total. The number of hydrogen-bond donors (Lipinski definition) is 2. The number of nitrogens with one attached hydrogen (secondary N) is 2. The Kier molecular flexibility index (Phi) is 4.36. The van der Waals surface area contributed by atoms with Gasteiger partial charge >= 0.3 is 6.03 Å². The molecule has 3 amide bonds. The average Bonchev–Trinajstić information content (AvgIpc) is 2.83. The van der Waals surface area contributed by atoms with Gasteiger partial charge in [0.15, 0.2) is 5.13 Å². The number of rotatable bonds is 2. The predicted molar refractivity (Wildman–Crippen MR) is 74.2 cm³/mol. The van der Waals surface area contributed by atoms with Gasteiger partial charge in [-0.25, -0.2) is 9.78 Å². The monoisotopic (exact) mass is 282 g/mol. The van der Waals surface area contributed by atoms with Gasteiger partial charge < -0.3 is 10.2 Å². The molecule has 19 heavy (non-hydrogen) atoms. The van der Waals surface area contributed by atoms with Crippen molar-refractivity contribution < 1.29 is 9.59 Å². The summed E-state index contributed by atoms with van der Waals surface area (Å²) >= 11 is 1.42. The smallest absolute Gasteiger partial charge is 0.323 e. The lowest BCUT2D eigenvalue weighted by atomic mass is 9.96. The zero-order valence-electron chi connectivity index (χ0n) is 11.1. The van der Waals surface area contributed by atoms with Crippen LogP contribution in [-0.4, -0.2) is 42.0 Å². The molecule has 0 atom stereocenters. The normalized spacial score (nSPS) is 16.2. The van der Waals surface area contributed by atoms with Crippen LogP contribution in [0.5, 0.6) is 0 Å². The Balaban J connectivity index is 1.84. The van der Waals surface area contributed by atoms with Gasteiger partial charge in [0.2, 0.25) is 5.91 Å². The third kappa shape index (κ3) is 3.44. The molecule has 1 aliphatic rings. The summed E-state index contributed by atoms with van der Waals surface area (Å²) in [5, 5.41) is 7.96. The van der Waals surface area contributed by atoms with Crippen molar-refractivity contribution in [3.05, 3.63) is 11.1 Å². The summed E-state index contributed by atoms with van der Waals surface area (Å²) in [5.74, 6) is 0.0896. The maximum Gasteiger partial charge on any atom is 0.323 e. The second-order valence-corrected chi connectivity index (χ2v) is 5.46. The fourth-order valence-corrected chi connectivity index (χ4v) is 2.81. The molecule has 1 aromatic rings. The molecule has 0 saturated carbocycles. The summed E-state index contributed by atoms with van der Waals surface area (Å²) in [7, 11) is 1.65. The van der Waals surface area contributed by atoms with E-state index >= 15 is 0 Å². The average molecular weight is 282 g/mol. The van der Waals surface area contributed by atoms with Crippen LogP contribution in [0.3, 0.4) is 0 Å². The number of anilines is 1. The highest BCUT2D eigenvalue weighted by atomic mass is 32.1. The Labute approximate surface area is 116 Å². The minimum absolute atomic E-state index is 0.0242. The van der Waals surface area contributed by atoms with Gasteiger partial charge in [0.1, 0.15) is 0 Å². The zero-order valence-corrected chi connectivity index (χ0v) is 11.9. The molecule has 104 valence electrons. The molecule has 7 heteroatoms. The standard InChI is InChI=1S/C12H18N4O2S/c1-8-7-19-11(14-8)15-12(18)16-5-3-9(4-6-16)10(17)13-2/h7,9H,3-6H2,1-2H3,(H,13,17)(H,14,15,18). The molecular formula is C12H18N4O2S. The van der Waals surface area contributed by atoms with Gasteiger partial charge in [0.25, 0.3) is 0 Å². The lowest BCUT2D eigenvalue weighted by Gasteiger charge is -2.30. The highest BCUT2D eigenvalue weighted by Gasteiger charge is 2.26. The second-order valence-electron chi connectivity index (χ2n) is 4.60. The summed E-state index contributed by atoms with van der Waals surface area (Å²) in [6, 6.07) is -0.135. The van der Waals surface area contributed by atoms with Gasteiger partial charge in [-0.1, -0.05) is 0 Å². The van der Waals surface area contributed by atoms with Crippen molar-refractivity contribution in [2.75, 3.05) is 25.5 Å². The molecule has 0 radical (unpaired) electrons. The number of piperidine rings is 1. The van der Waals surface area contributed by atoms with E-state index in [1.807, 2.05) is 12.3 Å². The van der Waals surface area contributed by atoms with Crippen molar-refractivity contribution in [1.29, 1.82) is 0 Å². The molecule has 0 spiro atoms. The number of hydrogen-bond acceptors (Lipinski definition) is 4. The number of amides is 3. The summed E-state index contributed by atoms with van der Waals surface area (Å²) in [6.45, 7) is 3.10. The van der Waals surface area contributed by atoms with Gasteiger partial charge in [-0.05, 0) is 19.8 Å². The van der Waals surface area contributed by atoms with Gasteiger partial charge in [0.05, 0.1) is 5.69 Å². The van der Waals surface area contributed by atoms with Crippen LogP contribution in [0.25, 0.3) is 0 Å². The number of likely N-dealkylation sites (tertiary alicyclic amines) is 1. The summed E-state index contributed by atoms with van der Waals surface area (Å²) in [6.07, 6.45) is 1.42. The molecule has 0 bridgehead atoms. The molecule has 1 fully saturated rings. The van der Waals surface area contributed by atoms with Crippen molar-refractivity contribution in [1.82, 2.24) is 15.2 Å². The van der Waals surface area contributed by atoms with Crippen LogP contribution in [0.4, 0.5) is 9.93 Å². The topological polar surface area (TPSA) is 74.3 Å². The third-order valence-electron chi connectivity index (χ3n) is 3.23. The van der Waals surface area contributed by atoms with E-state index in [4.69, 9.17) is 0 Å². The maximum atomic E-state index is 12.0. The summed E-state index contributed by atoms with van der Waals surface area (Å²) in [4.78, 5) is 29.4. The molecule has 0 aromatic carbocycles. The molecule has 1 aliphatic heterocycles. The van der Waals surface area contributed by atoms with Crippen molar-refractivity contribution in [3.63, 3.8) is 0 Å². The number of carbonyl (C=O) groups excluding carboxylic acids is 2. The molecule has 1 saturated heterocycles. The number of aryl methyl sites for hydroxylation is 1. The second kappa shape index (κ2) is 6.01. The van der Waals surface area contributed by atoms with E-state index in [9.17, 15) is 9.59 Å². The van der Waals surface area contributed by atoms with E-state index in [1.54, 1.807) is 11.9 Å². The SMILES string of the molecule is CNC(=O)C1CCN(C(=O)Nc2nc(C)cs2)CC1. The first-order valence-corrected chi connectivity index (χ1v) is 7.17. The van der Waals surface area contributed by atoms with Crippen LogP contribution in [0, 0.1) is 12.8 Å². The van der Waals surface area contributed by atoms with E-state index in [0.717, 1.165) is 5.69 Å². The molecule has 2 N–H and O–H groups in total. The molecule has 1 aromatic heterocycles. The van der Waals surface area contributed by atoms with E-state index in [0.29, 0.717) is 31.1 Å². The number of carbonyl (C=O) groups is 2. The molecule has 2 heterocycles. The van der Waals surface area contributed by atoms with Crippen molar-refractivity contribution in [3.8, 4) is 0 Å². The minimum Gasteiger partial charge on any atom is -0.359 e. The van der Waals surface area contributed by atoms with Crippen LogP contribution in [0.2, 0.25) is 0 Å². The molecule has 0 unspecified atom stereocenters. The lowest BCUT2D eigenvalue weighted by Crippen LogP contribution is -2.44. The molecule has 0 aliphatic carbocycles. The van der Waals surface area contributed by atoms with Crippen molar-refractivity contribution >= 4 is 28.4 Å². The largest absolute Gasteiger partial charge is 0.359 e. The first-order chi connectivity index (χ1) is 9.10. The maximum absolute atomic E-state index is 12.0. The van der Waals surface area contributed by atoms with Crippen LogP contribution in [0.15, 0.2) is 5.38 Å². The van der Waals surface area contributed by atoms with Crippen LogP contribution in [-0.2, 0) is 4.79 Å². The quantitative estimate of drug-likeness (QED) is 0.862. The number of aromatic nitrogens is 1. The summed E-state index contributed by atoms with van der Waals surface area (Å²) < 4.78 is 0. The van der Waals surface area contributed by atoms with E-state index in [1.165, 1.54) is 11.3 Å². The first-order valence-electron chi connectivity index (χ1n) is 6.30. The highest BCUT2D eigenvalue weighted by molar-refractivity contribution is 7.13. The van der Waals surface area contributed by atoms with E-state index in [-0.39, 0.29) is 17.9 Å². The Morgan fingerprint density at radius 1 is 1.42 bits per heavy atom. The highest BCUT2D eigenvalue weighted by Crippen LogP contribution is 2.19. The number of thiazole rings is 1. The Morgan fingerprint density at radius 2 is 2.11 bits per heavy atom.